The van der Waals surface area contributed by atoms with Crippen LogP contribution in [-0.2, 0) is 0 Å². The molecular formula is C21H40. The van der Waals surface area contributed by atoms with E-state index in [1.165, 1.54) is 96.3 Å². The zero-order chi connectivity index (χ0) is 15.4. The summed E-state index contributed by atoms with van der Waals surface area (Å²) in [5, 5.41) is 0. The third-order valence-corrected chi connectivity index (χ3v) is 4.12. The first-order valence-corrected chi connectivity index (χ1v) is 9.68. The van der Waals surface area contributed by atoms with E-state index in [0.29, 0.717) is 0 Å². The standard InChI is InChI=1S/C21H40/c1-3-5-7-9-11-13-15-17-19-21-20-18-16-14-12-10-8-6-4-2/h3,5,18,20H,4,6-17,19,21H2,1-2H3/b5-3?,20-18-. The lowest BCUT2D eigenvalue weighted by molar-refractivity contribution is 0.598. The van der Waals surface area contributed by atoms with Crippen molar-refractivity contribution in [3.05, 3.63) is 24.3 Å². The van der Waals surface area contributed by atoms with Gasteiger partial charge in [-0.1, -0.05) is 89.0 Å². The van der Waals surface area contributed by atoms with Crippen molar-refractivity contribution in [2.75, 3.05) is 0 Å². The largest absolute Gasteiger partial charge is 0.0917 e. The minimum absolute atomic E-state index is 1.28. The van der Waals surface area contributed by atoms with Crippen molar-refractivity contribution in [3.8, 4) is 0 Å². The molecule has 0 aliphatic heterocycles. The number of rotatable bonds is 16. The minimum atomic E-state index is 1.28. The van der Waals surface area contributed by atoms with E-state index in [0.717, 1.165) is 0 Å². The van der Waals surface area contributed by atoms with Crippen LogP contribution >= 0.6 is 0 Å². The molecule has 0 aliphatic rings. The maximum atomic E-state index is 2.41. The van der Waals surface area contributed by atoms with Crippen molar-refractivity contribution in [1.29, 1.82) is 0 Å². The normalized spacial score (nSPS) is 11.9. The first kappa shape index (κ1) is 20.5. The third kappa shape index (κ3) is 19.5. The van der Waals surface area contributed by atoms with Gasteiger partial charge in [0.25, 0.3) is 0 Å². The highest BCUT2D eigenvalue weighted by Gasteiger charge is 1.90. The van der Waals surface area contributed by atoms with Crippen molar-refractivity contribution < 1.29 is 0 Å². The summed E-state index contributed by atoms with van der Waals surface area (Å²) in [7, 11) is 0. The van der Waals surface area contributed by atoms with Crippen LogP contribution in [0.2, 0.25) is 0 Å². The van der Waals surface area contributed by atoms with Crippen molar-refractivity contribution in [3.63, 3.8) is 0 Å². The van der Waals surface area contributed by atoms with Gasteiger partial charge < -0.3 is 0 Å². The highest BCUT2D eigenvalue weighted by atomic mass is 14.0. The lowest BCUT2D eigenvalue weighted by atomic mass is 10.1. The van der Waals surface area contributed by atoms with E-state index in [2.05, 4.69) is 38.2 Å². The average molecular weight is 293 g/mol. The predicted octanol–water partition coefficient (Wildman–Crippen LogP) is 7.99. The molecule has 124 valence electrons. The Morgan fingerprint density at radius 2 is 0.857 bits per heavy atom. The Hall–Kier alpha value is -0.520. The maximum Gasteiger partial charge on any atom is -0.0351 e. The molecule has 0 aromatic heterocycles. The van der Waals surface area contributed by atoms with Crippen LogP contribution in [0.1, 0.15) is 110 Å². The average Bonchev–Trinajstić information content (AvgIpc) is 2.50. The zero-order valence-electron chi connectivity index (χ0n) is 14.9. The number of allylic oxidation sites excluding steroid dienone is 4. The van der Waals surface area contributed by atoms with Gasteiger partial charge in [0.2, 0.25) is 0 Å². The molecule has 0 bridgehead atoms. The van der Waals surface area contributed by atoms with Crippen LogP contribution in [0.15, 0.2) is 24.3 Å². The Kier molecular flexibility index (Phi) is 19.0. The van der Waals surface area contributed by atoms with Crippen LogP contribution in [0.25, 0.3) is 0 Å². The number of hydrogen-bond donors (Lipinski definition) is 0. The Labute approximate surface area is 135 Å². The predicted molar refractivity (Wildman–Crippen MR) is 98.9 cm³/mol. The molecule has 0 N–H and O–H groups in total. The molecule has 0 spiro atoms. The van der Waals surface area contributed by atoms with E-state index < -0.39 is 0 Å². The molecule has 21 heavy (non-hydrogen) atoms. The molecule has 0 aromatic rings. The minimum Gasteiger partial charge on any atom is -0.0917 e. The van der Waals surface area contributed by atoms with E-state index in [1.807, 2.05) is 0 Å². The van der Waals surface area contributed by atoms with Gasteiger partial charge in [-0.15, -0.1) is 0 Å². The lowest BCUT2D eigenvalue weighted by Crippen LogP contribution is -1.80. The Morgan fingerprint density at radius 3 is 1.29 bits per heavy atom. The zero-order valence-corrected chi connectivity index (χ0v) is 14.9. The maximum absolute atomic E-state index is 2.41. The van der Waals surface area contributed by atoms with Gasteiger partial charge in [-0.3, -0.25) is 0 Å². The first-order valence-electron chi connectivity index (χ1n) is 9.68. The number of hydrogen-bond acceptors (Lipinski definition) is 0. The Bertz CT molecular complexity index is 224. The molecule has 0 unspecified atom stereocenters. The van der Waals surface area contributed by atoms with E-state index in [1.54, 1.807) is 0 Å². The second kappa shape index (κ2) is 19.5. The van der Waals surface area contributed by atoms with Gasteiger partial charge in [0, 0.05) is 0 Å². The fourth-order valence-electron chi connectivity index (χ4n) is 2.68. The third-order valence-electron chi connectivity index (χ3n) is 4.12. The van der Waals surface area contributed by atoms with Crippen molar-refractivity contribution in [1.82, 2.24) is 0 Å². The molecule has 0 heterocycles. The van der Waals surface area contributed by atoms with Gasteiger partial charge in [-0.25, -0.2) is 0 Å². The van der Waals surface area contributed by atoms with Crippen LogP contribution in [0.5, 0.6) is 0 Å². The molecule has 0 heteroatoms. The van der Waals surface area contributed by atoms with Crippen LogP contribution in [0.4, 0.5) is 0 Å². The summed E-state index contributed by atoms with van der Waals surface area (Å²) in [4.78, 5) is 0. The van der Waals surface area contributed by atoms with Crippen LogP contribution in [-0.4, -0.2) is 0 Å². The SMILES string of the molecule is CC=CCCCCCCCC/C=C\CCCCCCCC. The fourth-order valence-corrected chi connectivity index (χ4v) is 2.68. The van der Waals surface area contributed by atoms with Gasteiger partial charge in [0.1, 0.15) is 0 Å². The summed E-state index contributed by atoms with van der Waals surface area (Å²) in [6, 6.07) is 0. The molecular weight excluding hydrogens is 252 g/mol. The van der Waals surface area contributed by atoms with E-state index in [-0.39, 0.29) is 0 Å². The molecule has 0 radical (unpaired) electrons. The topological polar surface area (TPSA) is 0 Å². The van der Waals surface area contributed by atoms with Crippen molar-refractivity contribution >= 4 is 0 Å². The van der Waals surface area contributed by atoms with Gasteiger partial charge in [-0.2, -0.15) is 0 Å². The molecule has 0 aromatic carbocycles. The van der Waals surface area contributed by atoms with Crippen LogP contribution in [0, 0.1) is 0 Å². The van der Waals surface area contributed by atoms with E-state index >= 15 is 0 Å². The first-order chi connectivity index (χ1) is 10.4. The smallest absolute Gasteiger partial charge is 0.0351 e. The van der Waals surface area contributed by atoms with Gasteiger partial charge in [0.15, 0.2) is 0 Å². The van der Waals surface area contributed by atoms with Gasteiger partial charge in [-0.05, 0) is 45.4 Å². The van der Waals surface area contributed by atoms with Gasteiger partial charge in [0.05, 0.1) is 0 Å². The summed E-state index contributed by atoms with van der Waals surface area (Å²) in [6.07, 6.45) is 30.1. The molecule has 0 atom stereocenters. The number of unbranched alkanes of at least 4 members (excludes halogenated alkanes) is 13. The van der Waals surface area contributed by atoms with Crippen LogP contribution in [0.3, 0.4) is 0 Å². The summed E-state index contributed by atoms with van der Waals surface area (Å²) in [5.74, 6) is 0. The summed E-state index contributed by atoms with van der Waals surface area (Å²) in [6.45, 7) is 4.40. The molecule has 0 amide bonds. The highest BCUT2D eigenvalue weighted by Crippen LogP contribution is 2.10. The molecule has 0 rings (SSSR count). The van der Waals surface area contributed by atoms with E-state index in [9.17, 15) is 0 Å². The lowest BCUT2D eigenvalue weighted by Gasteiger charge is -1.99. The summed E-state index contributed by atoms with van der Waals surface area (Å²) >= 11 is 0. The Morgan fingerprint density at radius 1 is 0.476 bits per heavy atom. The van der Waals surface area contributed by atoms with Crippen molar-refractivity contribution in [2.45, 2.75) is 110 Å². The monoisotopic (exact) mass is 292 g/mol. The second-order valence-corrected chi connectivity index (χ2v) is 6.30. The van der Waals surface area contributed by atoms with Gasteiger partial charge >= 0.3 is 0 Å². The summed E-state index contributed by atoms with van der Waals surface area (Å²) in [5.41, 5.74) is 0. The molecule has 0 saturated heterocycles. The highest BCUT2D eigenvalue weighted by molar-refractivity contribution is 4.81. The van der Waals surface area contributed by atoms with Crippen LogP contribution < -0.4 is 0 Å². The summed E-state index contributed by atoms with van der Waals surface area (Å²) < 4.78 is 0. The Balaban J connectivity index is 3.05. The molecule has 0 nitrogen and oxygen atoms in total. The van der Waals surface area contributed by atoms with E-state index in [4.69, 9.17) is 0 Å². The van der Waals surface area contributed by atoms with Crippen molar-refractivity contribution in [2.24, 2.45) is 0 Å². The second-order valence-electron chi connectivity index (χ2n) is 6.30. The quantitative estimate of drug-likeness (QED) is 0.200. The molecule has 0 aliphatic carbocycles. The molecule has 0 fully saturated rings. The molecule has 0 saturated carbocycles. The fraction of sp³-hybridized carbons (Fsp3) is 0.810.